The summed E-state index contributed by atoms with van der Waals surface area (Å²) in [5, 5.41) is 9.08. The molecule has 0 aliphatic heterocycles. The molecule has 1 N–H and O–H groups in total. The number of ether oxygens (including phenoxy) is 4. The minimum absolute atomic E-state index is 0.0120. The third-order valence-corrected chi connectivity index (χ3v) is 3.63. The van der Waals surface area contributed by atoms with Crippen LogP contribution in [0.3, 0.4) is 0 Å². The highest BCUT2D eigenvalue weighted by Gasteiger charge is 2.35. The number of benzene rings is 2. The minimum atomic E-state index is -4.94. The average molecular weight is 484 g/mol. The largest absolute Gasteiger partial charge is 0.573 e. The third kappa shape index (κ3) is 8.88. The van der Waals surface area contributed by atoms with Gasteiger partial charge < -0.3 is 24.1 Å². The van der Waals surface area contributed by atoms with Gasteiger partial charge in [-0.3, -0.25) is 4.79 Å². The van der Waals surface area contributed by atoms with Crippen LogP contribution in [0.25, 0.3) is 0 Å². The summed E-state index contributed by atoms with van der Waals surface area (Å²) < 4.78 is 90.9. The third-order valence-electron chi connectivity index (χ3n) is 3.63. The van der Waals surface area contributed by atoms with E-state index in [1.165, 1.54) is 20.1 Å². The molecule has 2 rings (SSSR count). The molecule has 2 aromatic rings. The zero-order valence-electron chi connectivity index (χ0n) is 17.3. The quantitative estimate of drug-likeness (QED) is 0.268. The second-order valence-corrected chi connectivity index (χ2v) is 6.04. The number of hydrogen-bond acceptors (Lipinski definition) is 7. The van der Waals surface area contributed by atoms with Gasteiger partial charge in [-0.05, 0) is 43.3 Å². The van der Waals surface area contributed by atoms with Crippen molar-refractivity contribution in [3.8, 4) is 17.2 Å². The van der Waals surface area contributed by atoms with E-state index in [4.69, 9.17) is 9.84 Å². The molecule has 0 amide bonds. The van der Waals surface area contributed by atoms with Crippen molar-refractivity contribution >= 4 is 11.8 Å². The summed E-state index contributed by atoms with van der Waals surface area (Å²) in [6, 6.07) is 5.93. The number of Topliss-reactive ketones (excluding diaryl/α,β-unsaturated/α-hetero) is 1. The summed E-state index contributed by atoms with van der Waals surface area (Å²) in [7, 11) is 2.39. The monoisotopic (exact) mass is 484 g/mol. The molecule has 0 aliphatic carbocycles. The second kappa shape index (κ2) is 11.4. The predicted molar refractivity (Wildman–Crippen MR) is 100 cm³/mol. The number of hydrogen-bond donors (Lipinski definition) is 1. The van der Waals surface area contributed by atoms with Gasteiger partial charge in [0.1, 0.15) is 5.75 Å². The van der Waals surface area contributed by atoms with Crippen molar-refractivity contribution in [3.63, 3.8) is 0 Å². The predicted octanol–water partition coefficient (Wildman–Crippen LogP) is 4.97. The Morgan fingerprint density at radius 1 is 0.909 bits per heavy atom. The number of carbonyl (C=O) groups is 2. The van der Waals surface area contributed by atoms with Crippen molar-refractivity contribution in [2.45, 2.75) is 19.5 Å². The lowest BCUT2D eigenvalue weighted by molar-refractivity contribution is -0.275. The first kappa shape index (κ1) is 27.6. The first-order valence-electron chi connectivity index (χ1n) is 8.70. The highest BCUT2D eigenvalue weighted by Crippen LogP contribution is 2.37. The van der Waals surface area contributed by atoms with Gasteiger partial charge in [0.15, 0.2) is 24.1 Å². The molecule has 7 nitrogen and oxygen atoms in total. The summed E-state index contributed by atoms with van der Waals surface area (Å²) in [6.07, 6.45) is -9.51. The van der Waals surface area contributed by atoms with E-state index in [2.05, 4.69) is 14.2 Å². The zero-order valence-corrected chi connectivity index (χ0v) is 17.3. The molecule has 33 heavy (non-hydrogen) atoms. The number of aromatic hydroxyl groups is 1. The molecule has 0 aromatic heterocycles. The summed E-state index contributed by atoms with van der Waals surface area (Å²) in [4.78, 5) is 22.0. The van der Waals surface area contributed by atoms with Crippen molar-refractivity contribution in [2.75, 3.05) is 21.0 Å². The molecule has 13 heteroatoms. The standard InChI is InChI=1S/C11H11F3O3.C9H7F3O4/c1-7(15)8-3-4-10(17-6-16-2)9(5-8)11(12,13)14;1-15-8(14)5-2-3-6(13)7(4-5)16-9(10,11)12/h3-5H,6H2,1-2H3;2-4,13H,1H3. The number of rotatable bonds is 6. The Bertz CT molecular complexity index is 970. The van der Waals surface area contributed by atoms with Crippen molar-refractivity contribution in [1.29, 1.82) is 0 Å². The molecule has 0 spiro atoms. The van der Waals surface area contributed by atoms with Crippen LogP contribution in [0.2, 0.25) is 0 Å². The number of alkyl halides is 6. The van der Waals surface area contributed by atoms with Gasteiger partial charge in [-0.25, -0.2) is 4.79 Å². The molecule has 0 aliphatic rings. The SMILES string of the molecule is COC(=O)c1ccc(O)c(OC(F)(F)F)c1.COCOc1ccc(C(C)=O)cc1C(F)(F)F. The molecule has 0 unspecified atom stereocenters. The van der Waals surface area contributed by atoms with Crippen molar-refractivity contribution in [1.82, 2.24) is 0 Å². The number of phenolic OH excluding ortho intramolecular Hbond substituents is 1. The van der Waals surface area contributed by atoms with Crippen LogP contribution in [0.5, 0.6) is 17.2 Å². The van der Waals surface area contributed by atoms with E-state index in [1.54, 1.807) is 0 Å². The van der Waals surface area contributed by atoms with E-state index in [9.17, 15) is 35.9 Å². The topological polar surface area (TPSA) is 91.3 Å². The molecular formula is C20H18F6O7. The number of ketones is 1. The van der Waals surface area contributed by atoms with Gasteiger partial charge in [-0.2, -0.15) is 13.2 Å². The molecular weight excluding hydrogens is 466 g/mol. The van der Waals surface area contributed by atoms with Crippen LogP contribution in [0.4, 0.5) is 26.3 Å². The number of phenols is 1. The maximum atomic E-state index is 12.7. The Morgan fingerprint density at radius 3 is 2.00 bits per heavy atom. The van der Waals surface area contributed by atoms with E-state index < -0.39 is 41.4 Å². The van der Waals surface area contributed by atoms with E-state index in [1.807, 2.05) is 0 Å². The van der Waals surface area contributed by atoms with E-state index >= 15 is 0 Å². The fraction of sp³-hybridized carbons (Fsp3) is 0.300. The lowest BCUT2D eigenvalue weighted by Crippen LogP contribution is -2.17. The van der Waals surface area contributed by atoms with Crippen LogP contribution in [0.15, 0.2) is 36.4 Å². The van der Waals surface area contributed by atoms with Crippen molar-refractivity contribution in [3.05, 3.63) is 53.1 Å². The van der Waals surface area contributed by atoms with Gasteiger partial charge >= 0.3 is 18.5 Å². The molecule has 0 atom stereocenters. The average Bonchev–Trinajstić information content (AvgIpc) is 2.71. The Balaban J connectivity index is 0.000000331. The molecule has 0 bridgehead atoms. The highest BCUT2D eigenvalue weighted by atomic mass is 19.4. The van der Waals surface area contributed by atoms with Crippen LogP contribution in [0.1, 0.15) is 33.2 Å². The normalized spacial score (nSPS) is 11.2. The number of methoxy groups -OCH3 is 2. The maximum Gasteiger partial charge on any atom is 0.573 e. The Kier molecular flexibility index (Phi) is 9.52. The van der Waals surface area contributed by atoms with Crippen molar-refractivity contribution in [2.24, 2.45) is 0 Å². The molecule has 2 aromatic carbocycles. The molecule has 0 heterocycles. The van der Waals surface area contributed by atoms with Gasteiger partial charge in [0.25, 0.3) is 0 Å². The molecule has 0 saturated heterocycles. The van der Waals surface area contributed by atoms with Gasteiger partial charge in [0, 0.05) is 12.7 Å². The summed E-state index contributed by atoms with van der Waals surface area (Å²) >= 11 is 0. The Morgan fingerprint density at radius 2 is 1.52 bits per heavy atom. The zero-order chi connectivity index (χ0) is 25.4. The van der Waals surface area contributed by atoms with Crippen LogP contribution < -0.4 is 9.47 Å². The lowest BCUT2D eigenvalue weighted by Gasteiger charge is -2.14. The first-order chi connectivity index (χ1) is 15.2. The highest BCUT2D eigenvalue weighted by molar-refractivity contribution is 5.94. The Labute approximate surface area is 183 Å². The molecule has 0 radical (unpaired) electrons. The first-order valence-corrected chi connectivity index (χ1v) is 8.70. The summed E-state index contributed by atoms with van der Waals surface area (Å²) in [5.74, 6) is -3.19. The number of carbonyl (C=O) groups excluding carboxylic acids is 2. The molecule has 0 saturated carbocycles. The minimum Gasteiger partial charge on any atom is -0.504 e. The van der Waals surface area contributed by atoms with E-state index in [-0.39, 0.29) is 23.7 Å². The van der Waals surface area contributed by atoms with E-state index in [0.29, 0.717) is 0 Å². The Hall–Kier alpha value is -3.48. The van der Waals surface area contributed by atoms with Crippen LogP contribution in [0, 0.1) is 0 Å². The lowest BCUT2D eigenvalue weighted by atomic mass is 10.1. The van der Waals surface area contributed by atoms with Crippen LogP contribution >= 0.6 is 0 Å². The van der Waals surface area contributed by atoms with Gasteiger partial charge in [0.2, 0.25) is 0 Å². The van der Waals surface area contributed by atoms with Gasteiger partial charge in [0.05, 0.1) is 18.2 Å². The maximum absolute atomic E-state index is 12.7. The fourth-order valence-electron chi connectivity index (χ4n) is 2.18. The number of halogens is 6. The van der Waals surface area contributed by atoms with Crippen LogP contribution in [-0.4, -0.2) is 44.2 Å². The van der Waals surface area contributed by atoms with Gasteiger partial charge in [-0.15, -0.1) is 13.2 Å². The number of esters is 1. The summed E-state index contributed by atoms with van der Waals surface area (Å²) in [6.45, 7) is 0.910. The fourth-order valence-corrected chi connectivity index (χ4v) is 2.18. The molecule has 182 valence electrons. The molecule has 0 fully saturated rings. The van der Waals surface area contributed by atoms with Crippen LogP contribution in [-0.2, 0) is 15.7 Å². The van der Waals surface area contributed by atoms with Gasteiger partial charge in [-0.1, -0.05) is 0 Å². The van der Waals surface area contributed by atoms with E-state index in [0.717, 1.165) is 37.4 Å². The smallest absolute Gasteiger partial charge is 0.504 e. The van der Waals surface area contributed by atoms with Crippen molar-refractivity contribution < 1.29 is 60.0 Å². The second-order valence-electron chi connectivity index (χ2n) is 6.04. The summed E-state index contributed by atoms with van der Waals surface area (Å²) in [5.41, 5.74) is -1.15.